The van der Waals surface area contributed by atoms with Gasteiger partial charge in [0.15, 0.2) is 0 Å². The van der Waals surface area contributed by atoms with E-state index < -0.39 is 0 Å². The Balaban J connectivity index is 2.07. The van der Waals surface area contributed by atoms with E-state index in [1.807, 2.05) is 24.4 Å². The molecule has 1 aliphatic heterocycles. The molecular weight excluding hydrogens is 256 g/mol. The molecule has 1 aromatic heterocycles. The van der Waals surface area contributed by atoms with Gasteiger partial charge in [0.25, 0.3) is 0 Å². The fourth-order valence-corrected chi connectivity index (χ4v) is 3.87. The fourth-order valence-electron chi connectivity index (χ4n) is 1.70. The molecule has 2 amide bonds. The second-order valence-corrected chi connectivity index (χ2v) is 5.70. The van der Waals surface area contributed by atoms with Crippen molar-refractivity contribution in [3.63, 3.8) is 0 Å². The second-order valence-electron chi connectivity index (χ2n) is 3.65. The van der Waals surface area contributed by atoms with E-state index in [1.165, 1.54) is 0 Å². The van der Waals surface area contributed by atoms with Crippen molar-refractivity contribution in [1.82, 2.24) is 10.2 Å². The van der Waals surface area contributed by atoms with Crippen LogP contribution in [0.15, 0.2) is 17.5 Å². The number of nitrogens with one attached hydrogen (secondary N) is 1. The Bertz CT molecular complexity index is 406. The SMILES string of the molecule is CCNC(=O)CN1C(=O)CS[C@@H]1c1cccs1. The van der Waals surface area contributed by atoms with Crippen LogP contribution in [0.4, 0.5) is 0 Å². The highest BCUT2D eigenvalue weighted by Crippen LogP contribution is 2.40. The molecule has 6 heteroatoms. The first-order valence-corrected chi connectivity index (χ1v) is 7.36. The van der Waals surface area contributed by atoms with E-state index in [-0.39, 0.29) is 23.7 Å². The zero-order valence-corrected chi connectivity index (χ0v) is 11.1. The average molecular weight is 270 g/mol. The maximum absolute atomic E-state index is 11.7. The molecule has 17 heavy (non-hydrogen) atoms. The normalized spacial score (nSPS) is 19.7. The monoisotopic (exact) mass is 270 g/mol. The Morgan fingerprint density at radius 2 is 2.47 bits per heavy atom. The molecule has 1 saturated heterocycles. The summed E-state index contributed by atoms with van der Waals surface area (Å²) in [6.45, 7) is 2.62. The molecule has 0 aliphatic carbocycles. The number of amides is 2. The van der Waals surface area contributed by atoms with E-state index in [1.54, 1.807) is 28.0 Å². The predicted molar refractivity (Wildman–Crippen MR) is 69.9 cm³/mol. The lowest BCUT2D eigenvalue weighted by Gasteiger charge is -2.22. The molecule has 0 saturated carbocycles. The van der Waals surface area contributed by atoms with E-state index in [0.717, 1.165) is 4.88 Å². The molecule has 0 bridgehead atoms. The summed E-state index contributed by atoms with van der Waals surface area (Å²) in [5.74, 6) is 0.409. The summed E-state index contributed by atoms with van der Waals surface area (Å²) in [5, 5.41) is 4.71. The molecule has 2 rings (SSSR count). The number of thiophene rings is 1. The maximum atomic E-state index is 11.7. The van der Waals surface area contributed by atoms with E-state index in [4.69, 9.17) is 0 Å². The van der Waals surface area contributed by atoms with Gasteiger partial charge < -0.3 is 10.2 Å². The highest BCUT2D eigenvalue weighted by Gasteiger charge is 2.34. The van der Waals surface area contributed by atoms with E-state index in [9.17, 15) is 9.59 Å². The molecule has 2 heterocycles. The molecule has 0 radical (unpaired) electrons. The lowest BCUT2D eigenvalue weighted by Crippen LogP contribution is -2.39. The molecule has 1 atom stereocenters. The Morgan fingerprint density at radius 3 is 3.12 bits per heavy atom. The smallest absolute Gasteiger partial charge is 0.239 e. The van der Waals surface area contributed by atoms with Crippen LogP contribution in [0, 0.1) is 0 Å². The number of thioether (sulfide) groups is 1. The van der Waals surface area contributed by atoms with Crippen LogP contribution in [-0.2, 0) is 9.59 Å². The molecule has 1 aromatic rings. The molecule has 1 aliphatic rings. The third-order valence-electron chi connectivity index (χ3n) is 2.44. The van der Waals surface area contributed by atoms with Gasteiger partial charge in [0.05, 0.1) is 5.75 Å². The van der Waals surface area contributed by atoms with Crippen LogP contribution in [0.5, 0.6) is 0 Å². The molecule has 92 valence electrons. The molecule has 4 nitrogen and oxygen atoms in total. The van der Waals surface area contributed by atoms with Crippen molar-refractivity contribution in [2.45, 2.75) is 12.3 Å². The lowest BCUT2D eigenvalue weighted by molar-refractivity contribution is -0.133. The van der Waals surface area contributed by atoms with Gasteiger partial charge in [-0.05, 0) is 18.4 Å². The third-order valence-corrected chi connectivity index (χ3v) is 4.75. The first-order valence-electron chi connectivity index (χ1n) is 5.43. The van der Waals surface area contributed by atoms with Crippen LogP contribution < -0.4 is 5.32 Å². The van der Waals surface area contributed by atoms with E-state index in [2.05, 4.69) is 5.32 Å². The maximum Gasteiger partial charge on any atom is 0.239 e. The summed E-state index contributed by atoms with van der Waals surface area (Å²) in [6.07, 6.45) is 0. The fraction of sp³-hybridized carbons (Fsp3) is 0.455. The van der Waals surface area contributed by atoms with Gasteiger partial charge in [-0.1, -0.05) is 6.07 Å². The second kappa shape index (κ2) is 5.55. The number of nitrogens with zero attached hydrogens (tertiary/aromatic N) is 1. The minimum Gasteiger partial charge on any atom is -0.355 e. The lowest BCUT2D eigenvalue weighted by atomic mass is 10.3. The van der Waals surface area contributed by atoms with Crippen LogP contribution in [0.1, 0.15) is 17.2 Å². The van der Waals surface area contributed by atoms with Crippen LogP contribution in [0.3, 0.4) is 0 Å². The standard InChI is InChI=1S/C11H14N2O2S2/c1-2-12-9(14)6-13-10(15)7-17-11(13)8-4-3-5-16-8/h3-5,11H,2,6-7H2,1H3,(H,12,14)/t11-/m1/s1. The van der Waals surface area contributed by atoms with Crippen LogP contribution >= 0.6 is 23.1 Å². The topological polar surface area (TPSA) is 49.4 Å². The van der Waals surface area contributed by atoms with Crippen molar-refractivity contribution in [3.05, 3.63) is 22.4 Å². The van der Waals surface area contributed by atoms with E-state index >= 15 is 0 Å². The summed E-state index contributed by atoms with van der Waals surface area (Å²) in [4.78, 5) is 26.1. The molecular formula is C11H14N2O2S2. The Morgan fingerprint density at radius 1 is 1.65 bits per heavy atom. The van der Waals surface area contributed by atoms with Crippen molar-refractivity contribution in [2.75, 3.05) is 18.8 Å². The molecule has 0 aromatic carbocycles. The van der Waals surface area contributed by atoms with Gasteiger partial charge in [0, 0.05) is 11.4 Å². The Hall–Kier alpha value is -1.01. The quantitative estimate of drug-likeness (QED) is 0.901. The van der Waals surface area contributed by atoms with Gasteiger partial charge in [-0.25, -0.2) is 0 Å². The zero-order chi connectivity index (χ0) is 12.3. The summed E-state index contributed by atoms with van der Waals surface area (Å²) < 4.78 is 0. The number of carbonyl (C=O) groups is 2. The summed E-state index contributed by atoms with van der Waals surface area (Å²) in [6, 6.07) is 3.97. The Kier molecular flexibility index (Phi) is 4.06. The van der Waals surface area contributed by atoms with Gasteiger partial charge in [0.1, 0.15) is 11.9 Å². The molecule has 0 unspecified atom stereocenters. The molecule has 1 fully saturated rings. The van der Waals surface area contributed by atoms with Crippen molar-refractivity contribution in [3.8, 4) is 0 Å². The highest BCUT2D eigenvalue weighted by molar-refractivity contribution is 8.00. The summed E-state index contributed by atoms with van der Waals surface area (Å²) in [5.41, 5.74) is 0. The van der Waals surface area contributed by atoms with Gasteiger partial charge in [-0.3, -0.25) is 9.59 Å². The number of carbonyl (C=O) groups excluding carboxylic acids is 2. The average Bonchev–Trinajstić information content (AvgIpc) is 2.90. The number of likely N-dealkylation sites (N-methyl/N-ethyl adjacent to an activating group) is 1. The number of rotatable bonds is 4. The highest BCUT2D eigenvalue weighted by atomic mass is 32.2. The zero-order valence-electron chi connectivity index (χ0n) is 9.51. The number of hydrogen-bond acceptors (Lipinski definition) is 4. The van der Waals surface area contributed by atoms with Crippen molar-refractivity contribution < 1.29 is 9.59 Å². The van der Waals surface area contributed by atoms with E-state index in [0.29, 0.717) is 12.3 Å². The van der Waals surface area contributed by atoms with Gasteiger partial charge >= 0.3 is 0 Å². The Labute approximate surface area is 108 Å². The van der Waals surface area contributed by atoms with Crippen LogP contribution in [0.2, 0.25) is 0 Å². The van der Waals surface area contributed by atoms with Gasteiger partial charge in [-0.15, -0.1) is 23.1 Å². The van der Waals surface area contributed by atoms with Gasteiger partial charge in [-0.2, -0.15) is 0 Å². The molecule has 0 spiro atoms. The van der Waals surface area contributed by atoms with Crippen molar-refractivity contribution in [1.29, 1.82) is 0 Å². The first kappa shape index (κ1) is 12.4. The predicted octanol–water partition coefficient (Wildman–Crippen LogP) is 1.46. The van der Waals surface area contributed by atoms with Crippen molar-refractivity contribution >= 4 is 34.9 Å². The van der Waals surface area contributed by atoms with Crippen LogP contribution in [-0.4, -0.2) is 35.6 Å². The number of hydrogen-bond donors (Lipinski definition) is 1. The van der Waals surface area contributed by atoms with Gasteiger partial charge in [0.2, 0.25) is 11.8 Å². The molecule has 1 N–H and O–H groups in total. The minimum atomic E-state index is -0.0927. The largest absolute Gasteiger partial charge is 0.355 e. The minimum absolute atomic E-state index is 0.00473. The van der Waals surface area contributed by atoms with Crippen LogP contribution in [0.25, 0.3) is 0 Å². The first-order chi connectivity index (χ1) is 8.22. The third kappa shape index (κ3) is 2.81. The van der Waals surface area contributed by atoms with Crippen molar-refractivity contribution in [2.24, 2.45) is 0 Å². The summed E-state index contributed by atoms with van der Waals surface area (Å²) in [7, 11) is 0. The summed E-state index contributed by atoms with van der Waals surface area (Å²) >= 11 is 3.20.